The first-order valence-electron chi connectivity index (χ1n) is 7.76. The number of aromatic amines is 1. The second-order valence-corrected chi connectivity index (χ2v) is 6.83. The third-order valence-corrected chi connectivity index (χ3v) is 3.92. The van der Waals surface area contributed by atoms with Crippen LogP contribution in [-0.4, -0.2) is 22.8 Å². The zero-order valence-electron chi connectivity index (χ0n) is 14.5. The predicted molar refractivity (Wildman–Crippen MR) is 102 cm³/mol. The van der Waals surface area contributed by atoms with Crippen LogP contribution in [0.4, 0.5) is 5.95 Å². The highest BCUT2D eigenvalue weighted by Gasteiger charge is 2.10. The summed E-state index contributed by atoms with van der Waals surface area (Å²) in [6.07, 6.45) is 1.53. The van der Waals surface area contributed by atoms with Crippen LogP contribution in [0, 0.1) is 19.8 Å². The Morgan fingerprint density at radius 3 is 2.52 bits per heavy atom. The van der Waals surface area contributed by atoms with Crippen molar-refractivity contribution in [2.24, 2.45) is 11.0 Å². The Morgan fingerprint density at radius 2 is 1.96 bits per heavy atom. The van der Waals surface area contributed by atoms with Gasteiger partial charge in [-0.1, -0.05) is 37.0 Å². The second-order valence-electron chi connectivity index (χ2n) is 6.01. The van der Waals surface area contributed by atoms with Crippen LogP contribution in [0.1, 0.15) is 30.7 Å². The molecule has 1 aromatic heterocycles. The number of nitrogens with zero attached hydrogens (tertiary/aromatic N) is 2. The molecule has 1 aromatic carbocycles. The summed E-state index contributed by atoms with van der Waals surface area (Å²) in [5.41, 5.74) is 4.37. The number of H-pyrrole nitrogens is 1. The Hall–Kier alpha value is -2.05. The molecule has 0 saturated heterocycles. The van der Waals surface area contributed by atoms with Gasteiger partial charge in [0.2, 0.25) is 5.95 Å². The summed E-state index contributed by atoms with van der Waals surface area (Å²) < 4.78 is 5.62. The first-order chi connectivity index (χ1) is 11.8. The summed E-state index contributed by atoms with van der Waals surface area (Å²) in [5.74, 6) is 1.09. The number of aryl methyl sites for hydroxylation is 1. The fraction of sp³-hybridized carbons (Fsp3) is 0.353. The Morgan fingerprint density at radius 1 is 1.32 bits per heavy atom. The molecule has 2 rings (SSSR count). The molecule has 2 N–H and O–H groups in total. The van der Waals surface area contributed by atoms with E-state index < -0.39 is 0 Å². The van der Waals surface area contributed by atoms with E-state index in [1.165, 1.54) is 6.21 Å². The molecule has 8 heteroatoms. The predicted octanol–water partition coefficient (Wildman–Crippen LogP) is 4.17. The third-order valence-electron chi connectivity index (χ3n) is 3.36. The summed E-state index contributed by atoms with van der Waals surface area (Å²) in [7, 11) is 0. The smallest absolute Gasteiger partial charge is 0.255 e. The number of rotatable bonds is 6. The van der Waals surface area contributed by atoms with Gasteiger partial charge in [0.1, 0.15) is 0 Å². The maximum atomic E-state index is 11.7. The number of aromatic nitrogens is 2. The molecule has 0 amide bonds. The van der Waals surface area contributed by atoms with Crippen LogP contribution in [0.15, 0.2) is 22.0 Å². The normalized spacial score (nSPS) is 11.3. The van der Waals surface area contributed by atoms with Gasteiger partial charge in [0, 0.05) is 11.3 Å². The number of halogens is 2. The van der Waals surface area contributed by atoms with E-state index in [0.29, 0.717) is 45.1 Å². The van der Waals surface area contributed by atoms with Gasteiger partial charge in [-0.05, 0) is 37.5 Å². The number of nitrogens with one attached hydrogen (secondary N) is 2. The lowest BCUT2D eigenvalue weighted by molar-refractivity contribution is 0.271. The maximum Gasteiger partial charge on any atom is 0.255 e. The number of benzene rings is 1. The van der Waals surface area contributed by atoms with Gasteiger partial charge in [0.25, 0.3) is 5.56 Å². The maximum absolute atomic E-state index is 11.7. The van der Waals surface area contributed by atoms with E-state index in [1.54, 1.807) is 26.0 Å². The van der Waals surface area contributed by atoms with Crippen molar-refractivity contribution in [3.05, 3.63) is 49.4 Å². The molecule has 0 atom stereocenters. The fourth-order valence-electron chi connectivity index (χ4n) is 1.91. The van der Waals surface area contributed by atoms with Gasteiger partial charge in [-0.25, -0.2) is 10.4 Å². The topological polar surface area (TPSA) is 79.4 Å². The van der Waals surface area contributed by atoms with Crippen molar-refractivity contribution in [3.63, 3.8) is 0 Å². The number of hydrogen-bond acceptors (Lipinski definition) is 5. The molecule has 0 saturated carbocycles. The van der Waals surface area contributed by atoms with Crippen molar-refractivity contribution in [1.82, 2.24) is 9.97 Å². The number of hydrazone groups is 1. The minimum Gasteiger partial charge on any atom is -0.490 e. The highest BCUT2D eigenvalue weighted by Crippen LogP contribution is 2.34. The summed E-state index contributed by atoms with van der Waals surface area (Å²) in [6.45, 7) is 8.08. The highest BCUT2D eigenvalue weighted by atomic mass is 35.5. The Kier molecular flexibility index (Phi) is 6.45. The van der Waals surface area contributed by atoms with Crippen molar-refractivity contribution in [2.45, 2.75) is 27.7 Å². The Labute approximate surface area is 156 Å². The van der Waals surface area contributed by atoms with Gasteiger partial charge in [-0.3, -0.25) is 9.78 Å². The Balaban J connectivity index is 2.12. The van der Waals surface area contributed by atoms with E-state index in [0.717, 1.165) is 0 Å². The molecule has 0 radical (unpaired) electrons. The average molecular weight is 383 g/mol. The van der Waals surface area contributed by atoms with Crippen LogP contribution in [0.25, 0.3) is 0 Å². The van der Waals surface area contributed by atoms with E-state index in [9.17, 15) is 4.79 Å². The minimum atomic E-state index is -0.206. The molecule has 0 bridgehead atoms. The van der Waals surface area contributed by atoms with Gasteiger partial charge < -0.3 is 4.74 Å². The van der Waals surface area contributed by atoms with Crippen molar-refractivity contribution < 1.29 is 4.74 Å². The molecule has 0 spiro atoms. The van der Waals surface area contributed by atoms with Crippen LogP contribution >= 0.6 is 23.2 Å². The van der Waals surface area contributed by atoms with E-state index in [4.69, 9.17) is 27.9 Å². The molecule has 1 heterocycles. The Bertz CT molecular complexity index is 824. The van der Waals surface area contributed by atoms with Crippen LogP contribution < -0.4 is 15.7 Å². The number of ether oxygens (including phenoxy) is 1. The van der Waals surface area contributed by atoms with Crippen molar-refractivity contribution >= 4 is 35.4 Å². The SMILES string of the molecule is Cc1nc(N/N=C\c2cc(Cl)c(OCC(C)C)c(Cl)c2)[nH]c(=O)c1C. The summed E-state index contributed by atoms with van der Waals surface area (Å²) in [6, 6.07) is 3.40. The molecule has 134 valence electrons. The molecule has 0 aliphatic carbocycles. The van der Waals surface area contributed by atoms with E-state index in [2.05, 4.69) is 20.5 Å². The minimum absolute atomic E-state index is 0.206. The highest BCUT2D eigenvalue weighted by molar-refractivity contribution is 6.37. The average Bonchev–Trinajstić information content (AvgIpc) is 2.51. The zero-order valence-corrected chi connectivity index (χ0v) is 16.0. The molecule has 0 unspecified atom stereocenters. The van der Waals surface area contributed by atoms with E-state index in [1.807, 2.05) is 13.8 Å². The fourth-order valence-corrected chi connectivity index (χ4v) is 2.52. The van der Waals surface area contributed by atoms with Crippen molar-refractivity contribution in [1.29, 1.82) is 0 Å². The van der Waals surface area contributed by atoms with Crippen LogP contribution in [0.2, 0.25) is 10.0 Å². The molecular formula is C17H20Cl2N4O2. The number of hydrogen-bond donors (Lipinski definition) is 2. The van der Waals surface area contributed by atoms with Crippen LogP contribution in [0.5, 0.6) is 5.75 Å². The lowest BCUT2D eigenvalue weighted by Gasteiger charge is -2.12. The molecule has 2 aromatic rings. The zero-order chi connectivity index (χ0) is 18.6. The summed E-state index contributed by atoms with van der Waals surface area (Å²) in [5, 5.41) is 4.86. The lowest BCUT2D eigenvalue weighted by Crippen LogP contribution is -2.15. The summed E-state index contributed by atoms with van der Waals surface area (Å²) in [4.78, 5) is 18.5. The van der Waals surface area contributed by atoms with Crippen LogP contribution in [-0.2, 0) is 0 Å². The van der Waals surface area contributed by atoms with Gasteiger partial charge in [-0.2, -0.15) is 5.10 Å². The molecular weight excluding hydrogens is 363 g/mol. The van der Waals surface area contributed by atoms with Gasteiger partial charge in [-0.15, -0.1) is 0 Å². The first-order valence-corrected chi connectivity index (χ1v) is 8.52. The van der Waals surface area contributed by atoms with E-state index >= 15 is 0 Å². The van der Waals surface area contributed by atoms with Crippen molar-refractivity contribution in [2.75, 3.05) is 12.0 Å². The first kappa shape index (κ1) is 19.3. The molecule has 25 heavy (non-hydrogen) atoms. The standard InChI is InChI=1S/C17H20Cl2N4O2/c1-9(2)8-25-15-13(18)5-12(6-14(15)19)7-20-23-17-21-11(4)10(3)16(24)22-17/h5-7,9H,8H2,1-4H3,(H2,21,22,23,24)/b20-7-. The summed E-state index contributed by atoms with van der Waals surface area (Å²) >= 11 is 12.4. The monoisotopic (exact) mass is 382 g/mol. The molecule has 0 fully saturated rings. The quantitative estimate of drug-likeness (QED) is 0.580. The van der Waals surface area contributed by atoms with E-state index in [-0.39, 0.29) is 11.5 Å². The molecule has 0 aliphatic heterocycles. The van der Waals surface area contributed by atoms with Gasteiger partial charge in [0.05, 0.1) is 22.9 Å². The van der Waals surface area contributed by atoms with Crippen molar-refractivity contribution in [3.8, 4) is 5.75 Å². The second kappa shape index (κ2) is 8.36. The third kappa shape index (κ3) is 5.21. The molecule has 0 aliphatic rings. The van der Waals surface area contributed by atoms with Gasteiger partial charge >= 0.3 is 0 Å². The van der Waals surface area contributed by atoms with Gasteiger partial charge in [0.15, 0.2) is 5.75 Å². The molecule has 6 nitrogen and oxygen atoms in total. The number of anilines is 1. The van der Waals surface area contributed by atoms with Crippen LogP contribution in [0.3, 0.4) is 0 Å². The lowest BCUT2D eigenvalue weighted by atomic mass is 10.2. The largest absolute Gasteiger partial charge is 0.490 e.